The third-order valence-electron chi connectivity index (χ3n) is 6.15. The molecule has 0 unspecified atom stereocenters. The van der Waals surface area contributed by atoms with Crippen molar-refractivity contribution < 1.29 is 9.53 Å². The molecule has 3 N–H and O–H groups in total. The summed E-state index contributed by atoms with van der Waals surface area (Å²) in [5.41, 5.74) is 8.32. The molecule has 0 aromatic heterocycles. The Morgan fingerprint density at radius 3 is 2.64 bits per heavy atom. The molecular formula is C19H28N4O2. The lowest BCUT2D eigenvalue weighted by Gasteiger charge is -2.29. The van der Waals surface area contributed by atoms with Gasteiger partial charge in [-0.3, -0.25) is 10.2 Å². The van der Waals surface area contributed by atoms with E-state index in [9.17, 15) is 4.79 Å². The quantitative estimate of drug-likeness (QED) is 0.593. The standard InChI is InChI=1S/C19H28N4O2/c1-12-6-9-25-11-15(12)23(10-13-2-3-13)17(24)16(20)22-18(21)19(7-8-19)14-4-5-14/h13-14H,2-11H2,1H3,(H3,20,21,22). The maximum absolute atomic E-state index is 13.0. The van der Waals surface area contributed by atoms with Crippen LogP contribution in [-0.4, -0.2) is 42.2 Å². The Labute approximate surface area is 149 Å². The monoisotopic (exact) mass is 344 g/mol. The number of hydrogen-bond acceptors (Lipinski definition) is 3. The molecule has 0 aromatic rings. The zero-order chi connectivity index (χ0) is 17.6. The number of aliphatic imine (C=N–C) groups is 1. The lowest BCUT2D eigenvalue weighted by atomic mass is 9.99. The number of nitrogens with two attached hydrogens (primary N) is 1. The van der Waals surface area contributed by atoms with Crippen LogP contribution < -0.4 is 5.73 Å². The lowest BCUT2D eigenvalue weighted by Crippen LogP contribution is -2.40. The van der Waals surface area contributed by atoms with E-state index in [4.69, 9.17) is 15.9 Å². The summed E-state index contributed by atoms with van der Waals surface area (Å²) in [4.78, 5) is 19.0. The zero-order valence-electron chi connectivity index (χ0n) is 15.0. The van der Waals surface area contributed by atoms with Crippen LogP contribution in [0.3, 0.4) is 0 Å². The fraction of sp³-hybridized carbons (Fsp3) is 0.737. The van der Waals surface area contributed by atoms with Crippen molar-refractivity contribution in [1.29, 1.82) is 5.41 Å². The molecular weight excluding hydrogens is 316 g/mol. The number of carbonyl (C=O) groups is 1. The van der Waals surface area contributed by atoms with Crippen molar-refractivity contribution in [2.45, 2.75) is 51.9 Å². The molecule has 3 fully saturated rings. The topological polar surface area (TPSA) is 91.8 Å². The highest BCUT2D eigenvalue weighted by atomic mass is 16.5. The van der Waals surface area contributed by atoms with Gasteiger partial charge in [0.2, 0.25) is 5.84 Å². The molecule has 136 valence electrons. The van der Waals surface area contributed by atoms with Crippen LogP contribution in [0.4, 0.5) is 0 Å². The Hall–Kier alpha value is -1.69. The minimum Gasteiger partial charge on any atom is -0.387 e. The van der Waals surface area contributed by atoms with Gasteiger partial charge in [-0.1, -0.05) is 0 Å². The van der Waals surface area contributed by atoms with E-state index in [0.29, 0.717) is 37.4 Å². The molecule has 4 rings (SSSR count). The second-order valence-corrected chi connectivity index (χ2v) is 8.16. The molecule has 0 saturated heterocycles. The summed E-state index contributed by atoms with van der Waals surface area (Å²) in [6.45, 7) is 3.87. The van der Waals surface area contributed by atoms with Crippen LogP contribution in [0.2, 0.25) is 0 Å². The average molecular weight is 344 g/mol. The van der Waals surface area contributed by atoms with Gasteiger partial charge in [0, 0.05) is 17.7 Å². The van der Waals surface area contributed by atoms with Gasteiger partial charge in [-0.2, -0.15) is 0 Å². The minimum absolute atomic E-state index is 0.00294. The minimum atomic E-state index is -0.332. The van der Waals surface area contributed by atoms with Crippen molar-refractivity contribution in [2.75, 3.05) is 19.8 Å². The number of nitrogens with one attached hydrogen (secondary N) is 1. The van der Waals surface area contributed by atoms with Crippen molar-refractivity contribution in [2.24, 2.45) is 28.0 Å². The van der Waals surface area contributed by atoms with E-state index in [1.54, 1.807) is 4.90 Å². The number of ether oxygens (including phenoxy) is 1. The third kappa shape index (κ3) is 3.36. The Balaban J connectivity index is 1.52. The molecule has 3 aliphatic carbocycles. The van der Waals surface area contributed by atoms with E-state index in [1.165, 1.54) is 18.4 Å². The molecule has 0 aromatic carbocycles. The fourth-order valence-corrected chi connectivity index (χ4v) is 3.90. The second kappa shape index (κ2) is 6.24. The van der Waals surface area contributed by atoms with Gasteiger partial charge in [-0.05, 0) is 69.3 Å². The van der Waals surface area contributed by atoms with Crippen LogP contribution in [0.5, 0.6) is 0 Å². The molecule has 6 nitrogen and oxygen atoms in total. The van der Waals surface area contributed by atoms with Crippen LogP contribution >= 0.6 is 0 Å². The van der Waals surface area contributed by atoms with Gasteiger partial charge in [0.15, 0.2) is 0 Å². The summed E-state index contributed by atoms with van der Waals surface area (Å²) in [6, 6.07) is 0. The molecule has 1 heterocycles. The number of hydrogen-bond donors (Lipinski definition) is 2. The van der Waals surface area contributed by atoms with Crippen LogP contribution in [0, 0.1) is 22.7 Å². The maximum atomic E-state index is 13.0. The van der Waals surface area contributed by atoms with E-state index in [-0.39, 0.29) is 17.2 Å². The number of amidine groups is 2. The predicted molar refractivity (Wildman–Crippen MR) is 96.3 cm³/mol. The van der Waals surface area contributed by atoms with Crippen LogP contribution in [0.1, 0.15) is 51.9 Å². The van der Waals surface area contributed by atoms with Crippen molar-refractivity contribution in [3.8, 4) is 0 Å². The molecule has 0 spiro atoms. The molecule has 0 radical (unpaired) electrons. The molecule has 4 aliphatic rings. The summed E-state index contributed by atoms with van der Waals surface area (Å²) >= 11 is 0. The van der Waals surface area contributed by atoms with Gasteiger partial charge in [-0.15, -0.1) is 0 Å². The highest BCUT2D eigenvalue weighted by Crippen LogP contribution is 2.61. The summed E-state index contributed by atoms with van der Waals surface area (Å²) in [7, 11) is 0. The third-order valence-corrected chi connectivity index (χ3v) is 6.15. The summed E-state index contributed by atoms with van der Waals surface area (Å²) in [6.07, 6.45) is 7.66. The van der Waals surface area contributed by atoms with Gasteiger partial charge >= 0.3 is 0 Å². The first-order valence-electron chi connectivity index (χ1n) is 9.52. The summed E-state index contributed by atoms with van der Waals surface area (Å²) in [5.74, 6) is 1.11. The second-order valence-electron chi connectivity index (χ2n) is 8.16. The fourth-order valence-electron chi connectivity index (χ4n) is 3.90. The molecule has 1 amide bonds. The number of rotatable bonds is 5. The average Bonchev–Trinajstić information content (AvgIpc) is 3.47. The van der Waals surface area contributed by atoms with Gasteiger partial charge in [-0.25, -0.2) is 4.99 Å². The van der Waals surface area contributed by atoms with Crippen LogP contribution in [0.25, 0.3) is 0 Å². The summed E-state index contributed by atoms with van der Waals surface area (Å²) in [5, 5.41) is 8.25. The first-order chi connectivity index (χ1) is 12.0. The Kier molecular flexibility index (Phi) is 4.18. The van der Waals surface area contributed by atoms with Crippen LogP contribution in [-0.2, 0) is 9.53 Å². The Bertz CT molecular complexity index is 654. The lowest BCUT2D eigenvalue weighted by molar-refractivity contribution is -0.123. The normalized spacial score (nSPS) is 25.7. The Morgan fingerprint density at radius 1 is 1.36 bits per heavy atom. The SMILES string of the molecule is CC1=C(N(CC2CC2)C(=O)C(=N)N=C(N)C2(C3CC3)CC2)COCC1. The largest absolute Gasteiger partial charge is 0.387 e. The van der Waals surface area contributed by atoms with Crippen molar-refractivity contribution in [1.82, 2.24) is 4.90 Å². The maximum Gasteiger partial charge on any atom is 0.295 e. The zero-order valence-corrected chi connectivity index (χ0v) is 15.0. The molecule has 25 heavy (non-hydrogen) atoms. The van der Waals surface area contributed by atoms with E-state index < -0.39 is 0 Å². The molecule has 0 atom stereocenters. The van der Waals surface area contributed by atoms with Gasteiger partial charge in [0.05, 0.1) is 13.2 Å². The first-order valence-corrected chi connectivity index (χ1v) is 9.52. The van der Waals surface area contributed by atoms with Crippen LogP contribution in [0.15, 0.2) is 16.3 Å². The van der Waals surface area contributed by atoms with E-state index in [2.05, 4.69) is 11.9 Å². The van der Waals surface area contributed by atoms with E-state index >= 15 is 0 Å². The number of carbonyl (C=O) groups excluding carboxylic acids is 1. The van der Waals surface area contributed by atoms with Crippen molar-refractivity contribution in [3.05, 3.63) is 11.3 Å². The molecule has 3 saturated carbocycles. The van der Waals surface area contributed by atoms with E-state index in [1.807, 2.05) is 0 Å². The van der Waals surface area contributed by atoms with Crippen molar-refractivity contribution in [3.63, 3.8) is 0 Å². The number of nitrogens with zero attached hydrogens (tertiary/aromatic N) is 2. The first kappa shape index (κ1) is 16.8. The number of amides is 1. The van der Waals surface area contributed by atoms with E-state index in [0.717, 1.165) is 37.8 Å². The van der Waals surface area contributed by atoms with Crippen molar-refractivity contribution >= 4 is 17.6 Å². The van der Waals surface area contributed by atoms with Gasteiger partial charge < -0.3 is 15.4 Å². The predicted octanol–water partition coefficient (Wildman–Crippen LogP) is 2.44. The molecule has 0 bridgehead atoms. The highest BCUT2D eigenvalue weighted by molar-refractivity contribution is 6.39. The van der Waals surface area contributed by atoms with Gasteiger partial charge in [0.1, 0.15) is 5.84 Å². The Morgan fingerprint density at radius 2 is 2.08 bits per heavy atom. The summed E-state index contributed by atoms with van der Waals surface area (Å²) < 4.78 is 5.57. The smallest absolute Gasteiger partial charge is 0.295 e. The molecule has 1 aliphatic heterocycles. The molecule has 6 heteroatoms. The van der Waals surface area contributed by atoms with Gasteiger partial charge in [0.25, 0.3) is 5.91 Å². The highest BCUT2D eigenvalue weighted by Gasteiger charge is 2.56.